The second kappa shape index (κ2) is 3.91. The summed E-state index contributed by atoms with van der Waals surface area (Å²) in [7, 11) is 0. The molecular formula is C11H14F3N. The molecule has 0 aromatic rings. The molecule has 0 bridgehead atoms. The highest BCUT2D eigenvalue weighted by atomic mass is 19.4. The van der Waals surface area contributed by atoms with Crippen LogP contribution in [-0.2, 0) is 0 Å². The lowest BCUT2D eigenvalue weighted by Crippen LogP contribution is -2.19. The molecule has 2 rings (SSSR count). The van der Waals surface area contributed by atoms with Crippen LogP contribution in [0.15, 0.2) is 23.4 Å². The quantitative estimate of drug-likeness (QED) is 0.651. The van der Waals surface area contributed by atoms with Gasteiger partial charge in [-0.2, -0.15) is 13.2 Å². The molecule has 2 aliphatic rings. The summed E-state index contributed by atoms with van der Waals surface area (Å²) in [5, 5.41) is 0. The lowest BCUT2D eigenvalue weighted by Gasteiger charge is -2.20. The molecule has 0 spiro atoms. The van der Waals surface area contributed by atoms with Gasteiger partial charge in [0.05, 0.1) is 0 Å². The molecule has 1 aliphatic carbocycles. The molecule has 1 saturated heterocycles. The van der Waals surface area contributed by atoms with Crippen molar-refractivity contribution in [3.8, 4) is 0 Å². The summed E-state index contributed by atoms with van der Waals surface area (Å²) >= 11 is 0. The first-order valence-electron chi connectivity index (χ1n) is 5.30. The molecule has 84 valence electrons. The highest BCUT2D eigenvalue weighted by Crippen LogP contribution is 2.33. The number of allylic oxidation sites excluding steroid dienone is 3. The van der Waals surface area contributed by atoms with Crippen LogP contribution < -0.4 is 0 Å². The van der Waals surface area contributed by atoms with Crippen LogP contribution in [0.2, 0.25) is 0 Å². The summed E-state index contributed by atoms with van der Waals surface area (Å²) in [6, 6.07) is 0. The predicted molar refractivity (Wildman–Crippen MR) is 52.3 cm³/mol. The predicted octanol–water partition coefficient (Wildman–Crippen LogP) is 3.25. The van der Waals surface area contributed by atoms with Crippen molar-refractivity contribution in [1.29, 1.82) is 0 Å². The first-order valence-corrected chi connectivity index (χ1v) is 5.30. The largest absolute Gasteiger partial charge is 0.410 e. The lowest BCUT2D eigenvalue weighted by atomic mass is 10.2. The van der Waals surface area contributed by atoms with Crippen molar-refractivity contribution in [3.63, 3.8) is 0 Å². The van der Waals surface area contributed by atoms with E-state index in [-0.39, 0.29) is 0 Å². The zero-order valence-corrected chi connectivity index (χ0v) is 8.48. The van der Waals surface area contributed by atoms with E-state index in [9.17, 15) is 13.2 Å². The van der Waals surface area contributed by atoms with Crippen molar-refractivity contribution in [2.45, 2.75) is 31.9 Å². The zero-order chi connectivity index (χ0) is 10.9. The smallest absolute Gasteiger partial charge is 0.372 e. The SMILES string of the molecule is FC(F)(F)/C=C1\CCC=C1N1CCCC1. The van der Waals surface area contributed by atoms with Crippen molar-refractivity contribution in [1.82, 2.24) is 4.90 Å². The third kappa shape index (κ3) is 2.55. The Hall–Kier alpha value is -0.930. The summed E-state index contributed by atoms with van der Waals surface area (Å²) in [6.07, 6.45) is 1.68. The van der Waals surface area contributed by atoms with E-state index >= 15 is 0 Å². The molecule has 4 heteroatoms. The fourth-order valence-electron chi connectivity index (χ4n) is 2.26. The van der Waals surface area contributed by atoms with Crippen LogP contribution >= 0.6 is 0 Å². The third-order valence-electron chi connectivity index (χ3n) is 2.87. The first-order chi connectivity index (χ1) is 7.06. The van der Waals surface area contributed by atoms with E-state index in [0.29, 0.717) is 18.1 Å². The highest BCUT2D eigenvalue weighted by Gasteiger charge is 2.28. The molecule has 0 atom stereocenters. The minimum Gasteiger partial charge on any atom is -0.372 e. The van der Waals surface area contributed by atoms with E-state index in [0.717, 1.165) is 38.0 Å². The van der Waals surface area contributed by atoms with Gasteiger partial charge in [0.1, 0.15) is 0 Å². The van der Waals surface area contributed by atoms with Gasteiger partial charge in [0.2, 0.25) is 0 Å². The maximum atomic E-state index is 12.2. The Morgan fingerprint density at radius 1 is 1.20 bits per heavy atom. The molecule has 1 heterocycles. The van der Waals surface area contributed by atoms with E-state index in [2.05, 4.69) is 4.90 Å². The number of likely N-dealkylation sites (tertiary alicyclic amines) is 1. The number of nitrogens with zero attached hydrogens (tertiary/aromatic N) is 1. The molecule has 0 amide bonds. The van der Waals surface area contributed by atoms with E-state index < -0.39 is 6.18 Å². The van der Waals surface area contributed by atoms with Gasteiger partial charge in [-0.1, -0.05) is 6.08 Å². The molecule has 15 heavy (non-hydrogen) atoms. The number of hydrogen-bond acceptors (Lipinski definition) is 1. The fraction of sp³-hybridized carbons (Fsp3) is 0.636. The highest BCUT2D eigenvalue weighted by molar-refractivity contribution is 5.36. The average Bonchev–Trinajstić information content (AvgIpc) is 2.68. The van der Waals surface area contributed by atoms with Gasteiger partial charge in [-0.25, -0.2) is 0 Å². The summed E-state index contributed by atoms with van der Waals surface area (Å²) in [6.45, 7) is 1.81. The monoisotopic (exact) mass is 217 g/mol. The topological polar surface area (TPSA) is 3.24 Å². The van der Waals surface area contributed by atoms with Crippen LogP contribution in [0.3, 0.4) is 0 Å². The van der Waals surface area contributed by atoms with Crippen molar-refractivity contribution in [3.05, 3.63) is 23.4 Å². The molecule has 0 saturated carbocycles. The van der Waals surface area contributed by atoms with Gasteiger partial charge in [-0.05, 0) is 31.3 Å². The van der Waals surface area contributed by atoms with Gasteiger partial charge < -0.3 is 4.90 Å². The van der Waals surface area contributed by atoms with Gasteiger partial charge in [0, 0.05) is 24.9 Å². The molecule has 1 nitrogen and oxygen atoms in total. The lowest BCUT2D eigenvalue weighted by molar-refractivity contribution is -0.0805. The Morgan fingerprint density at radius 2 is 1.87 bits per heavy atom. The molecule has 0 aromatic heterocycles. The molecular weight excluding hydrogens is 203 g/mol. The van der Waals surface area contributed by atoms with Gasteiger partial charge in [-0.15, -0.1) is 0 Å². The van der Waals surface area contributed by atoms with Crippen LogP contribution in [0.5, 0.6) is 0 Å². The second-order valence-electron chi connectivity index (χ2n) is 4.03. The maximum absolute atomic E-state index is 12.2. The van der Waals surface area contributed by atoms with Crippen LogP contribution in [0.25, 0.3) is 0 Å². The molecule has 0 unspecified atom stereocenters. The van der Waals surface area contributed by atoms with Gasteiger partial charge in [0.25, 0.3) is 0 Å². The maximum Gasteiger partial charge on any atom is 0.410 e. The van der Waals surface area contributed by atoms with Crippen molar-refractivity contribution in [2.75, 3.05) is 13.1 Å². The Balaban J connectivity index is 2.14. The first kappa shape index (κ1) is 10.6. The summed E-state index contributed by atoms with van der Waals surface area (Å²) in [5.41, 5.74) is 1.29. The Morgan fingerprint density at radius 3 is 2.47 bits per heavy atom. The second-order valence-corrected chi connectivity index (χ2v) is 4.03. The number of rotatable bonds is 1. The third-order valence-corrected chi connectivity index (χ3v) is 2.87. The minimum atomic E-state index is -4.18. The van der Waals surface area contributed by atoms with Crippen molar-refractivity contribution in [2.24, 2.45) is 0 Å². The van der Waals surface area contributed by atoms with Gasteiger partial charge in [0.15, 0.2) is 0 Å². The van der Waals surface area contributed by atoms with Crippen LogP contribution in [0, 0.1) is 0 Å². The van der Waals surface area contributed by atoms with Gasteiger partial charge >= 0.3 is 6.18 Å². The molecule has 1 aliphatic heterocycles. The van der Waals surface area contributed by atoms with Crippen molar-refractivity contribution >= 4 is 0 Å². The van der Waals surface area contributed by atoms with Gasteiger partial charge in [-0.3, -0.25) is 0 Å². The van der Waals surface area contributed by atoms with E-state index in [1.165, 1.54) is 0 Å². The Bertz CT molecular complexity index is 295. The summed E-state index contributed by atoms with van der Waals surface area (Å²) in [4.78, 5) is 2.07. The average molecular weight is 217 g/mol. The van der Waals surface area contributed by atoms with E-state index in [4.69, 9.17) is 0 Å². The minimum absolute atomic E-state index is 0.462. The zero-order valence-electron chi connectivity index (χ0n) is 8.48. The van der Waals surface area contributed by atoms with Crippen molar-refractivity contribution < 1.29 is 13.2 Å². The number of halogens is 3. The standard InChI is InChI=1S/C11H14F3N/c12-11(13,14)8-9-4-3-5-10(9)15-6-1-2-7-15/h5,8H,1-4,6-7H2/b9-8+. The number of alkyl halides is 3. The molecule has 0 aromatic carbocycles. The summed E-state index contributed by atoms with van der Waals surface area (Å²) in [5.74, 6) is 0. The summed E-state index contributed by atoms with van der Waals surface area (Å²) < 4.78 is 36.7. The van der Waals surface area contributed by atoms with Crippen LogP contribution in [0.1, 0.15) is 25.7 Å². The molecule has 1 fully saturated rings. The van der Waals surface area contributed by atoms with Crippen LogP contribution in [-0.4, -0.2) is 24.2 Å². The fourth-order valence-corrected chi connectivity index (χ4v) is 2.26. The van der Waals surface area contributed by atoms with E-state index in [1.54, 1.807) is 0 Å². The van der Waals surface area contributed by atoms with Crippen LogP contribution in [0.4, 0.5) is 13.2 Å². The molecule has 0 N–H and O–H groups in total. The normalized spacial score (nSPS) is 25.1. The van der Waals surface area contributed by atoms with E-state index in [1.807, 2.05) is 6.08 Å². The molecule has 0 radical (unpaired) electrons. The Kier molecular flexibility index (Phi) is 2.76. The Labute approximate surface area is 87.3 Å². The number of hydrogen-bond donors (Lipinski definition) is 0.